The fourth-order valence-electron chi connectivity index (χ4n) is 1.27. The second kappa shape index (κ2) is 2.80. The lowest BCUT2D eigenvalue weighted by Gasteiger charge is -1.99. The maximum Gasteiger partial charge on any atom is 0.125 e. The molecule has 1 aliphatic rings. The zero-order valence-corrected chi connectivity index (χ0v) is 8.50. The Hall–Kier alpha value is 0.0900. The molecule has 1 saturated carbocycles. The van der Waals surface area contributed by atoms with E-state index in [1.807, 2.05) is 24.3 Å². The third-order valence-electron chi connectivity index (χ3n) is 2.10. The van der Waals surface area contributed by atoms with Gasteiger partial charge in [0.25, 0.3) is 0 Å². The highest BCUT2D eigenvalue weighted by molar-refractivity contribution is 6.51. The van der Waals surface area contributed by atoms with Gasteiger partial charge in [0.1, 0.15) is 4.33 Å². The van der Waals surface area contributed by atoms with Crippen LogP contribution in [0.5, 0.6) is 0 Å². The highest BCUT2D eigenvalue weighted by Crippen LogP contribution is 2.59. The van der Waals surface area contributed by atoms with Crippen LogP contribution in [0.3, 0.4) is 0 Å². The first kappa shape index (κ1) is 8.68. The van der Waals surface area contributed by atoms with Crippen molar-refractivity contribution in [2.24, 2.45) is 0 Å². The molecule has 2 rings (SSSR count). The lowest BCUT2D eigenvalue weighted by atomic mass is 10.1. The van der Waals surface area contributed by atoms with E-state index in [0.717, 1.165) is 11.4 Å². The van der Waals surface area contributed by atoms with Crippen molar-refractivity contribution in [1.82, 2.24) is 0 Å². The van der Waals surface area contributed by atoms with Crippen LogP contribution in [0, 0.1) is 0 Å². The first-order valence-electron chi connectivity index (χ1n) is 3.73. The number of hydrogen-bond donors (Lipinski definition) is 0. The minimum Gasteiger partial charge on any atom is -0.101 e. The van der Waals surface area contributed by atoms with Crippen LogP contribution in [0.1, 0.15) is 17.9 Å². The van der Waals surface area contributed by atoms with Crippen LogP contribution in [0.4, 0.5) is 0 Å². The summed E-state index contributed by atoms with van der Waals surface area (Å²) in [7, 11) is 0. The van der Waals surface area contributed by atoms with Gasteiger partial charge in [-0.1, -0.05) is 23.7 Å². The molecule has 0 amide bonds. The fourth-order valence-corrected chi connectivity index (χ4v) is 1.96. The van der Waals surface area contributed by atoms with E-state index in [-0.39, 0.29) is 5.92 Å². The Morgan fingerprint density at radius 1 is 1.17 bits per heavy atom. The molecule has 1 fully saturated rings. The Balaban J connectivity index is 2.21. The maximum atomic E-state index is 5.91. The SMILES string of the molecule is Clc1ccc(C2CC2(Cl)Cl)cc1. The van der Waals surface area contributed by atoms with E-state index in [1.54, 1.807) is 0 Å². The Morgan fingerprint density at radius 3 is 2.08 bits per heavy atom. The predicted octanol–water partition coefficient (Wildman–Crippen LogP) is 4.00. The molecule has 1 atom stereocenters. The van der Waals surface area contributed by atoms with Crippen molar-refractivity contribution in [2.45, 2.75) is 16.7 Å². The Labute approximate surface area is 86.4 Å². The third kappa shape index (κ3) is 1.56. The molecule has 0 heterocycles. The standard InChI is InChI=1S/C9H7Cl3/c10-7-3-1-6(2-4-7)8-5-9(8,11)12/h1-4,8H,5H2. The van der Waals surface area contributed by atoms with Gasteiger partial charge in [0.15, 0.2) is 0 Å². The summed E-state index contributed by atoms with van der Waals surface area (Å²) in [6, 6.07) is 7.66. The maximum absolute atomic E-state index is 5.91. The molecule has 1 aliphatic carbocycles. The minimum absolute atomic E-state index is 0.290. The number of hydrogen-bond acceptors (Lipinski definition) is 0. The third-order valence-corrected chi connectivity index (χ3v) is 3.19. The highest BCUT2D eigenvalue weighted by atomic mass is 35.5. The quantitative estimate of drug-likeness (QED) is 0.629. The van der Waals surface area contributed by atoms with E-state index in [4.69, 9.17) is 34.8 Å². The van der Waals surface area contributed by atoms with Crippen LogP contribution in [0.15, 0.2) is 24.3 Å². The van der Waals surface area contributed by atoms with Gasteiger partial charge < -0.3 is 0 Å². The van der Waals surface area contributed by atoms with Gasteiger partial charge in [-0.3, -0.25) is 0 Å². The molecular formula is C9H7Cl3. The average molecular weight is 222 g/mol. The van der Waals surface area contributed by atoms with Crippen LogP contribution < -0.4 is 0 Å². The van der Waals surface area contributed by atoms with E-state index in [2.05, 4.69) is 0 Å². The lowest BCUT2D eigenvalue weighted by Crippen LogP contribution is -1.88. The van der Waals surface area contributed by atoms with E-state index in [0.29, 0.717) is 0 Å². The van der Waals surface area contributed by atoms with Crippen LogP contribution in [-0.2, 0) is 0 Å². The van der Waals surface area contributed by atoms with Gasteiger partial charge in [-0.2, -0.15) is 0 Å². The summed E-state index contributed by atoms with van der Waals surface area (Å²) in [6.07, 6.45) is 0.845. The molecule has 0 aliphatic heterocycles. The van der Waals surface area contributed by atoms with Crippen molar-refractivity contribution in [3.63, 3.8) is 0 Å². The number of alkyl halides is 2. The zero-order valence-electron chi connectivity index (χ0n) is 6.23. The molecule has 0 spiro atoms. The molecule has 1 unspecified atom stereocenters. The topological polar surface area (TPSA) is 0 Å². The van der Waals surface area contributed by atoms with Gasteiger partial charge in [-0.15, -0.1) is 23.2 Å². The Bertz CT molecular complexity index is 289. The van der Waals surface area contributed by atoms with Gasteiger partial charge in [0, 0.05) is 10.9 Å². The minimum atomic E-state index is -0.534. The van der Waals surface area contributed by atoms with Crippen LogP contribution in [0.25, 0.3) is 0 Å². The number of rotatable bonds is 1. The second-order valence-corrected chi connectivity index (χ2v) is 5.05. The van der Waals surface area contributed by atoms with Crippen molar-refractivity contribution in [3.8, 4) is 0 Å². The molecule has 0 aromatic heterocycles. The molecule has 1 aromatic carbocycles. The fraction of sp³-hybridized carbons (Fsp3) is 0.333. The van der Waals surface area contributed by atoms with Gasteiger partial charge in [-0.25, -0.2) is 0 Å². The van der Waals surface area contributed by atoms with Gasteiger partial charge in [0.05, 0.1) is 0 Å². The molecule has 0 N–H and O–H groups in total. The van der Waals surface area contributed by atoms with E-state index >= 15 is 0 Å². The first-order chi connectivity index (χ1) is 5.59. The molecule has 1 aromatic rings. The number of halogens is 3. The molecule has 64 valence electrons. The summed E-state index contributed by atoms with van der Waals surface area (Å²) in [5.74, 6) is 0.290. The smallest absolute Gasteiger partial charge is 0.101 e. The van der Waals surface area contributed by atoms with Crippen molar-refractivity contribution < 1.29 is 0 Å². The molecule has 0 nitrogen and oxygen atoms in total. The summed E-state index contributed by atoms with van der Waals surface area (Å²) in [6.45, 7) is 0. The highest BCUT2D eigenvalue weighted by Gasteiger charge is 2.52. The molecule has 12 heavy (non-hydrogen) atoms. The van der Waals surface area contributed by atoms with Crippen molar-refractivity contribution >= 4 is 34.8 Å². The summed E-state index contributed by atoms with van der Waals surface area (Å²) >= 11 is 17.6. The summed E-state index contributed by atoms with van der Waals surface area (Å²) in [4.78, 5) is 0. The normalized spacial score (nSPS) is 25.4. The van der Waals surface area contributed by atoms with E-state index in [9.17, 15) is 0 Å². The predicted molar refractivity (Wildman–Crippen MR) is 53.2 cm³/mol. The summed E-state index contributed by atoms with van der Waals surface area (Å²) in [5, 5.41) is 0.745. The van der Waals surface area contributed by atoms with E-state index < -0.39 is 4.33 Å². The van der Waals surface area contributed by atoms with Crippen molar-refractivity contribution in [2.75, 3.05) is 0 Å². The summed E-state index contributed by atoms with van der Waals surface area (Å²) < 4.78 is -0.534. The monoisotopic (exact) mass is 220 g/mol. The largest absolute Gasteiger partial charge is 0.125 e. The van der Waals surface area contributed by atoms with Crippen molar-refractivity contribution in [1.29, 1.82) is 0 Å². The first-order valence-corrected chi connectivity index (χ1v) is 4.86. The van der Waals surface area contributed by atoms with Crippen LogP contribution in [0.2, 0.25) is 5.02 Å². The molecular weight excluding hydrogens is 214 g/mol. The summed E-state index contributed by atoms with van der Waals surface area (Å²) in [5.41, 5.74) is 1.17. The molecule has 0 radical (unpaired) electrons. The zero-order chi connectivity index (χ0) is 8.77. The lowest BCUT2D eigenvalue weighted by molar-refractivity contribution is 1.11. The Morgan fingerprint density at radius 2 is 1.67 bits per heavy atom. The van der Waals surface area contributed by atoms with E-state index in [1.165, 1.54) is 5.56 Å². The molecule has 0 saturated heterocycles. The molecule has 3 heteroatoms. The van der Waals surface area contributed by atoms with Gasteiger partial charge in [-0.05, 0) is 24.1 Å². The van der Waals surface area contributed by atoms with Gasteiger partial charge in [0.2, 0.25) is 0 Å². The number of benzene rings is 1. The van der Waals surface area contributed by atoms with Crippen LogP contribution in [-0.4, -0.2) is 4.33 Å². The average Bonchev–Trinajstić information content (AvgIpc) is 2.61. The Kier molecular flexibility index (Phi) is 2.02. The van der Waals surface area contributed by atoms with Crippen molar-refractivity contribution in [3.05, 3.63) is 34.9 Å². The molecule has 0 bridgehead atoms. The van der Waals surface area contributed by atoms with Gasteiger partial charge >= 0.3 is 0 Å². The second-order valence-electron chi connectivity index (χ2n) is 3.07. The van der Waals surface area contributed by atoms with Crippen LogP contribution >= 0.6 is 34.8 Å².